The number of nitrogens with one attached hydrogen (secondary N) is 1. The third-order valence-corrected chi connectivity index (χ3v) is 4.26. The van der Waals surface area contributed by atoms with Crippen molar-refractivity contribution < 1.29 is 4.79 Å². The maximum absolute atomic E-state index is 12.0. The fraction of sp³-hybridized carbons (Fsp3) is 0.417. The van der Waals surface area contributed by atoms with Gasteiger partial charge in [-0.15, -0.1) is 12.6 Å². The topological polar surface area (TPSA) is 29.1 Å². The third kappa shape index (κ3) is 4.94. The lowest BCUT2D eigenvalue weighted by Crippen LogP contribution is -2.34. The first-order valence-electron chi connectivity index (χ1n) is 5.41. The molecule has 0 aromatic heterocycles. The van der Waals surface area contributed by atoms with E-state index in [0.717, 1.165) is 20.9 Å². The number of halogens is 1. The fourth-order valence-corrected chi connectivity index (χ4v) is 2.63. The molecule has 0 heterocycles. The Morgan fingerprint density at radius 3 is 2.94 bits per heavy atom. The van der Waals surface area contributed by atoms with Crippen LogP contribution in [-0.4, -0.2) is 23.5 Å². The molecule has 0 radical (unpaired) electrons. The molecule has 2 nitrogen and oxygen atoms in total. The molecule has 1 atom stereocenters. The molecule has 0 aliphatic heterocycles. The van der Waals surface area contributed by atoms with Crippen LogP contribution in [0.3, 0.4) is 0 Å². The standard InChI is InChI=1S/C12H16BrNOS2/c1-3-17-7-8(2)14-12(15)10-6-9(16)4-5-11(10)13/h4-6,8,16H,3,7H2,1-2H3,(H,14,15). The van der Waals surface area contributed by atoms with E-state index >= 15 is 0 Å². The lowest BCUT2D eigenvalue weighted by molar-refractivity contribution is 0.0943. The van der Waals surface area contributed by atoms with Crippen LogP contribution >= 0.6 is 40.3 Å². The van der Waals surface area contributed by atoms with Crippen LogP contribution < -0.4 is 5.32 Å². The molecular weight excluding hydrogens is 318 g/mol. The fourth-order valence-electron chi connectivity index (χ4n) is 1.33. The Labute approximate surface area is 120 Å². The summed E-state index contributed by atoms with van der Waals surface area (Å²) in [5, 5.41) is 2.98. The molecule has 0 aliphatic rings. The van der Waals surface area contributed by atoms with E-state index in [1.54, 1.807) is 6.07 Å². The highest BCUT2D eigenvalue weighted by Gasteiger charge is 2.12. The Bertz CT molecular complexity index is 398. The van der Waals surface area contributed by atoms with Crippen LogP contribution in [-0.2, 0) is 0 Å². The summed E-state index contributed by atoms with van der Waals surface area (Å²) in [7, 11) is 0. The molecule has 0 saturated carbocycles. The zero-order chi connectivity index (χ0) is 12.8. The van der Waals surface area contributed by atoms with Crippen LogP contribution in [0.4, 0.5) is 0 Å². The van der Waals surface area contributed by atoms with Crippen molar-refractivity contribution in [2.45, 2.75) is 24.8 Å². The van der Waals surface area contributed by atoms with Crippen LogP contribution in [0.5, 0.6) is 0 Å². The monoisotopic (exact) mass is 333 g/mol. The van der Waals surface area contributed by atoms with Gasteiger partial charge in [0.1, 0.15) is 0 Å². The highest BCUT2D eigenvalue weighted by molar-refractivity contribution is 9.10. The van der Waals surface area contributed by atoms with Gasteiger partial charge in [0.2, 0.25) is 0 Å². The Hall–Kier alpha value is -0.130. The molecule has 1 amide bonds. The van der Waals surface area contributed by atoms with Crippen LogP contribution in [0.2, 0.25) is 0 Å². The number of hydrogen-bond donors (Lipinski definition) is 2. The number of thioether (sulfide) groups is 1. The molecule has 17 heavy (non-hydrogen) atoms. The van der Waals surface area contributed by atoms with E-state index in [0.29, 0.717) is 5.56 Å². The summed E-state index contributed by atoms with van der Waals surface area (Å²) >= 11 is 9.43. The maximum Gasteiger partial charge on any atom is 0.252 e. The predicted molar refractivity (Wildman–Crippen MR) is 81.3 cm³/mol. The van der Waals surface area contributed by atoms with Gasteiger partial charge in [0.15, 0.2) is 0 Å². The SMILES string of the molecule is CCSCC(C)NC(=O)c1cc(S)ccc1Br. The van der Waals surface area contributed by atoms with Gasteiger partial charge in [0.25, 0.3) is 5.91 Å². The van der Waals surface area contributed by atoms with E-state index in [1.807, 2.05) is 30.8 Å². The largest absolute Gasteiger partial charge is 0.349 e. The van der Waals surface area contributed by atoms with Gasteiger partial charge in [0, 0.05) is 21.2 Å². The molecule has 1 N–H and O–H groups in total. The minimum atomic E-state index is -0.0584. The van der Waals surface area contributed by atoms with E-state index < -0.39 is 0 Å². The van der Waals surface area contributed by atoms with Crippen LogP contribution in [0.1, 0.15) is 24.2 Å². The summed E-state index contributed by atoms with van der Waals surface area (Å²) in [4.78, 5) is 12.8. The van der Waals surface area contributed by atoms with Crippen molar-refractivity contribution in [1.29, 1.82) is 0 Å². The Morgan fingerprint density at radius 1 is 1.59 bits per heavy atom. The number of rotatable bonds is 5. The molecule has 1 aromatic rings. The Morgan fingerprint density at radius 2 is 2.29 bits per heavy atom. The summed E-state index contributed by atoms with van der Waals surface area (Å²) in [6, 6.07) is 5.62. The zero-order valence-electron chi connectivity index (χ0n) is 9.87. The number of benzene rings is 1. The molecule has 0 fully saturated rings. The van der Waals surface area contributed by atoms with E-state index in [2.05, 4.69) is 40.8 Å². The first-order chi connectivity index (χ1) is 8.04. The van der Waals surface area contributed by atoms with Crippen molar-refractivity contribution in [2.75, 3.05) is 11.5 Å². The van der Waals surface area contributed by atoms with Gasteiger partial charge < -0.3 is 5.32 Å². The second-order valence-corrected chi connectivity index (χ2v) is 6.39. The van der Waals surface area contributed by atoms with Crippen LogP contribution in [0.25, 0.3) is 0 Å². The molecule has 94 valence electrons. The lowest BCUT2D eigenvalue weighted by Gasteiger charge is -2.14. The second kappa shape index (κ2) is 7.34. The second-order valence-electron chi connectivity index (χ2n) is 3.70. The molecule has 1 unspecified atom stereocenters. The third-order valence-electron chi connectivity index (χ3n) is 2.14. The zero-order valence-corrected chi connectivity index (χ0v) is 13.2. The highest BCUT2D eigenvalue weighted by atomic mass is 79.9. The number of hydrogen-bond acceptors (Lipinski definition) is 3. The van der Waals surface area contributed by atoms with Crippen molar-refractivity contribution in [3.8, 4) is 0 Å². The number of amides is 1. The molecule has 0 aliphatic carbocycles. The van der Waals surface area contributed by atoms with Gasteiger partial charge in [-0.25, -0.2) is 0 Å². The van der Waals surface area contributed by atoms with E-state index in [4.69, 9.17) is 0 Å². The average Bonchev–Trinajstić information content (AvgIpc) is 2.29. The molecule has 0 bridgehead atoms. The number of thiol groups is 1. The van der Waals surface area contributed by atoms with Crippen molar-refractivity contribution in [3.63, 3.8) is 0 Å². The highest BCUT2D eigenvalue weighted by Crippen LogP contribution is 2.20. The number of carbonyl (C=O) groups excluding carboxylic acids is 1. The normalized spacial score (nSPS) is 12.2. The van der Waals surface area contributed by atoms with Crippen molar-refractivity contribution in [1.82, 2.24) is 5.32 Å². The molecule has 0 spiro atoms. The molecule has 1 rings (SSSR count). The quantitative estimate of drug-likeness (QED) is 0.806. The Kier molecular flexibility index (Phi) is 6.44. The first-order valence-corrected chi connectivity index (χ1v) is 7.81. The van der Waals surface area contributed by atoms with Gasteiger partial charge in [-0.1, -0.05) is 6.92 Å². The smallest absolute Gasteiger partial charge is 0.252 e. The minimum absolute atomic E-state index is 0.0584. The Balaban J connectivity index is 2.66. The first kappa shape index (κ1) is 14.9. The molecule has 0 saturated heterocycles. The van der Waals surface area contributed by atoms with E-state index in [9.17, 15) is 4.79 Å². The molecule has 1 aromatic carbocycles. The summed E-state index contributed by atoms with van der Waals surface area (Å²) in [6.45, 7) is 4.12. The molecule has 5 heteroatoms. The maximum atomic E-state index is 12.0. The summed E-state index contributed by atoms with van der Waals surface area (Å²) in [5.74, 6) is 1.94. The van der Waals surface area contributed by atoms with Crippen molar-refractivity contribution in [2.24, 2.45) is 0 Å². The van der Waals surface area contributed by atoms with Gasteiger partial charge in [0.05, 0.1) is 5.56 Å². The summed E-state index contributed by atoms with van der Waals surface area (Å²) in [5.41, 5.74) is 0.630. The predicted octanol–water partition coefficient (Wildman–Crippen LogP) is 3.61. The van der Waals surface area contributed by atoms with Crippen molar-refractivity contribution in [3.05, 3.63) is 28.2 Å². The van der Waals surface area contributed by atoms with Gasteiger partial charge in [-0.2, -0.15) is 11.8 Å². The van der Waals surface area contributed by atoms with E-state index in [1.165, 1.54) is 0 Å². The van der Waals surface area contributed by atoms with Gasteiger partial charge in [-0.3, -0.25) is 4.79 Å². The number of carbonyl (C=O) groups is 1. The van der Waals surface area contributed by atoms with Gasteiger partial charge in [-0.05, 0) is 46.8 Å². The minimum Gasteiger partial charge on any atom is -0.349 e. The van der Waals surface area contributed by atoms with E-state index in [-0.39, 0.29) is 11.9 Å². The summed E-state index contributed by atoms with van der Waals surface area (Å²) in [6.07, 6.45) is 0. The van der Waals surface area contributed by atoms with Crippen molar-refractivity contribution >= 4 is 46.2 Å². The van der Waals surface area contributed by atoms with Gasteiger partial charge >= 0.3 is 0 Å². The summed E-state index contributed by atoms with van der Waals surface area (Å²) < 4.78 is 0.795. The molecular formula is C12H16BrNOS2. The van der Waals surface area contributed by atoms with Crippen LogP contribution in [0, 0.1) is 0 Å². The van der Waals surface area contributed by atoms with Crippen LogP contribution in [0.15, 0.2) is 27.6 Å². The lowest BCUT2D eigenvalue weighted by atomic mass is 10.2. The average molecular weight is 334 g/mol.